The van der Waals surface area contributed by atoms with Crippen LogP contribution in [0.1, 0.15) is 52.9 Å². The van der Waals surface area contributed by atoms with Gasteiger partial charge < -0.3 is 19.3 Å². The second-order valence-electron chi connectivity index (χ2n) is 15.2. The fourth-order valence-electron chi connectivity index (χ4n) is 7.82. The third-order valence-corrected chi connectivity index (χ3v) is 11.5. The van der Waals surface area contributed by atoms with Crippen molar-refractivity contribution < 1.29 is 16.6 Å². The second kappa shape index (κ2) is 19.3. The number of nitrogens with zero attached hydrogens (tertiary/aromatic N) is 6. The lowest BCUT2D eigenvalue weighted by atomic mass is 9.77. The molecular formula is C56H58N6O2. The minimum atomic E-state index is -0.764. The van der Waals surface area contributed by atoms with Crippen molar-refractivity contribution in [3.8, 4) is 81.9 Å². The highest BCUT2D eigenvalue weighted by atomic mass is 16.5. The summed E-state index contributed by atoms with van der Waals surface area (Å²) in [5.74, 6) is 17.8. The van der Waals surface area contributed by atoms with Crippen molar-refractivity contribution in [1.29, 1.82) is 0 Å². The smallest absolute Gasteiger partial charge is 0.230 e. The fourth-order valence-corrected chi connectivity index (χ4v) is 7.82. The van der Waals surface area contributed by atoms with E-state index in [1.807, 2.05) is 97.2 Å². The molecule has 0 radical (unpaired) electrons. The van der Waals surface area contributed by atoms with Gasteiger partial charge in [-0.15, -0.1) is 6.42 Å². The minimum absolute atomic E-state index is 0. The molecule has 1 unspecified atom stereocenters. The zero-order valence-corrected chi connectivity index (χ0v) is 36.8. The van der Waals surface area contributed by atoms with Crippen LogP contribution >= 0.6 is 0 Å². The van der Waals surface area contributed by atoms with Gasteiger partial charge in [0.2, 0.25) is 5.88 Å². The zero-order chi connectivity index (χ0) is 44.5. The van der Waals surface area contributed by atoms with Gasteiger partial charge in [-0.3, -0.25) is 0 Å². The molecule has 64 heavy (non-hydrogen) atoms. The van der Waals surface area contributed by atoms with Crippen molar-refractivity contribution in [2.45, 2.75) is 40.0 Å². The molecule has 6 aromatic carbocycles. The molecule has 0 bridgehead atoms. The van der Waals surface area contributed by atoms with E-state index < -0.39 is 5.41 Å². The van der Waals surface area contributed by atoms with E-state index in [-0.39, 0.29) is 7.13 Å². The van der Waals surface area contributed by atoms with Crippen molar-refractivity contribution in [3.63, 3.8) is 0 Å². The van der Waals surface area contributed by atoms with Gasteiger partial charge in [0.1, 0.15) is 17.2 Å². The average molecular weight is 847 g/mol. The molecule has 0 aliphatic rings. The van der Waals surface area contributed by atoms with E-state index in [0.717, 1.165) is 75.9 Å². The number of anilines is 2. The molecule has 0 N–H and O–H groups in total. The lowest BCUT2D eigenvalue weighted by molar-refractivity contribution is 0.468. The minimum Gasteiger partial charge on any atom is -0.457 e. The van der Waals surface area contributed by atoms with Crippen LogP contribution in [0, 0.1) is 36.0 Å². The van der Waals surface area contributed by atoms with E-state index in [0.29, 0.717) is 34.8 Å². The monoisotopic (exact) mass is 846 g/mol. The SMILES string of the molecule is C#CC#CC#CC(C)(c1ccc(Oc2cccc3nc(-c4ccc(N(CC)CC)cc4)ncc23)cc1)c1ccc(Oc2nc(-c3ccc(N(CC)CC)cc3)nc3ccccc23)cc1.[HH].[HH].[HH].[HH].[HH]. The summed E-state index contributed by atoms with van der Waals surface area (Å²) in [4.78, 5) is 24.1. The number of benzene rings is 6. The number of hydrogen-bond donors (Lipinski definition) is 0. The summed E-state index contributed by atoms with van der Waals surface area (Å²) in [7, 11) is 0. The summed E-state index contributed by atoms with van der Waals surface area (Å²) in [6, 6.07) is 46.3. The summed E-state index contributed by atoms with van der Waals surface area (Å²) in [6.45, 7) is 14.5. The Balaban J connectivity index is 0.00000252. The summed E-state index contributed by atoms with van der Waals surface area (Å²) in [5.41, 5.74) is 6.92. The molecule has 0 saturated heterocycles. The van der Waals surface area contributed by atoms with Crippen molar-refractivity contribution in [2.75, 3.05) is 36.0 Å². The molecule has 2 heterocycles. The molecule has 8 aromatic rings. The van der Waals surface area contributed by atoms with Crippen LogP contribution in [0.15, 0.2) is 146 Å². The molecule has 8 heteroatoms. The van der Waals surface area contributed by atoms with Gasteiger partial charge in [0.15, 0.2) is 11.6 Å². The normalized spacial score (nSPS) is 11.6. The Morgan fingerprint density at radius 3 is 1.67 bits per heavy atom. The topological polar surface area (TPSA) is 76.5 Å². The highest BCUT2D eigenvalue weighted by molar-refractivity contribution is 5.87. The van der Waals surface area contributed by atoms with Crippen molar-refractivity contribution in [3.05, 3.63) is 157 Å². The maximum atomic E-state index is 6.52. The first-order valence-corrected chi connectivity index (χ1v) is 21.6. The Morgan fingerprint density at radius 1 is 0.547 bits per heavy atom. The molecule has 0 aliphatic carbocycles. The lowest BCUT2D eigenvalue weighted by Gasteiger charge is -2.25. The van der Waals surface area contributed by atoms with Crippen LogP contribution < -0.4 is 19.3 Å². The molecule has 2 aromatic heterocycles. The molecule has 0 fully saturated rings. The van der Waals surface area contributed by atoms with E-state index >= 15 is 0 Å². The van der Waals surface area contributed by atoms with Crippen LogP contribution in [0.25, 0.3) is 44.6 Å². The summed E-state index contributed by atoms with van der Waals surface area (Å²) < 4.78 is 13.0. The highest BCUT2D eigenvalue weighted by Gasteiger charge is 2.27. The van der Waals surface area contributed by atoms with Crippen LogP contribution in [-0.2, 0) is 5.41 Å². The third-order valence-electron chi connectivity index (χ3n) is 11.5. The van der Waals surface area contributed by atoms with Crippen molar-refractivity contribution in [1.82, 2.24) is 19.9 Å². The predicted octanol–water partition coefficient (Wildman–Crippen LogP) is 13.4. The number of fused-ring (bicyclic) bond motifs is 2. The van der Waals surface area contributed by atoms with Gasteiger partial charge in [-0.25, -0.2) is 15.0 Å². The van der Waals surface area contributed by atoms with E-state index in [9.17, 15) is 0 Å². The van der Waals surface area contributed by atoms with Crippen LogP contribution in [0.5, 0.6) is 23.1 Å². The largest absolute Gasteiger partial charge is 0.457 e. The van der Waals surface area contributed by atoms with Crippen LogP contribution in [-0.4, -0.2) is 46.1 Å². The fraction of sp³-hybridized carbons (Fsp3) is 0.179. The summed E-state index contributed by atoms with van der Waals surface area (Å²) >= 11 is 0. The third kappa shape index (κ3) is 9.07. The quantitative estimate of drug-likeness (QED) is 0.100. The molecule has 0 aliphatic heterocycles. The van der Waals surface area contributed by atoms with Gasteiger partial charge in [-0.2, -0.15) is 4.98 Å². The summed E-state index contributed by atoms with van der Waals surface area (Å²) in [6.07, 6.45) is 7.25. The van der Waals surface area contributed by atoms with Gasteiger partial charge in [0.05, 0.1) is 27.2 Å². The number of ether oxygens (including phenoxy) is 2. The molecule has 324 valence electrons. The molecule has 0 saturated carbocycles. The van der Waals surface area contributed by atoms with Crippen molar-refractivity contribution in [2.24, 2.45) is 0 Å². The Hall–Kier alpha value is -8.12. The Bertz CT molecular complexity index is 3100. The summed E-state index contributed by atoms with van der Waals surface area (Å²) in [5, 5.41) is 1.63. The first kappa shape index (κ1) is 42.6. The average Bonchev–Trinajstić information content (AvgIpc) is 3.34. The molecular weight excluding hydrogens is 789 g/mol. The molecule has 0 spiro atoms. The Labute approximate surface area is 383 Å². The zero-order valence-electron chi connectivity index (χ0n) is 36.8. The predicted molar refractivity (Wildman–Crippen MR) is 272 cm³/mol. The van der Waals surface area contributed by atoms with Gasteiger partial charge in [-0.1, -0.05) is 48.4 Å². The molecule has 1 atom stereocenters. The highest BCUT2D eigenvalue weighted by Crippen LogP contribution is 2.37. The van der Waals surface area contributed by atoms with E-state index in [1.54, 1.807) is 0 Å². The van der Waals surface area contributed by atoms with Gasteiger partial charge >= 0.3 is 0 Å². The number of para-hydroxylation sites is 1. The standard InChI is InChI=1S/C56H48N6O2.5H2/c1-7-12-13-16-38-56(6,42-26-34-46(35-27-42)63-52-21-17-20-51-49(52)39-57-53(58-51)40-22-30-44(31-23-40)61(8-2)9-3)43-28-36-47(37-29-43)64-55-48-18-14-15-19-50(48)59-54(60-55)41-24-32-45(33-25-41)62(10-4)11-5;;;;;/h1,14-15,17-37,39H,8-11H2,2-6H3;5*1H. The van der Waals surface area contributed by atoms with E-state index in [2.05, 4.69) is 123 Å². The second-order valence-corrected chi connectivity index (χ2v) is 15.2. The van der Waals surface area contributed by atoms with Crippen LogP contribution in [0.2, 0.25) is 0 Å². The van der Waals surface area contributed by atoms with E-state index in [1.165, 1.54) is 5.69 Å². The Kier molecular flexibility index (Phi) is 12.8. The maximum Gasteiger partial charge on any atom is 0.230 e. The number of rotatable bonds is 14. The first-order valence-electron chi connectivity index (χ1n) is 21.6. The maximum absolute atomic E-state index is 6.52. The Morgan fingerprint density at radius 2 is 1.08 bits per heavy atom. The van der Waals surface area contributed by atoms with Gasteiger partial charge in [0.25, 0.3) is 0 Å². The first-order chi connectivity index (χ1) is 31.3. The number of hydrogen-bond acceptors (Lipinski definition) is 8. The molecule has 8 nitrogen and oxygen atoms in total. The lowest BCUT2D eigenvalue weighted by Crippen LogP contribution is -2.21. The van der Waals surface area contributed by atoms with Crippen LogP contribution in [0.4, 0.5) is 11.4 Å². The van der Waals surface area contributed by atoms with Crippen LogP contribution in [0.3, 0.4) is 0 Å². The molecule has 0 amide bonds. The van der Waals surface area contributed by atoms with E-state index in [4.69, 9.17) is 35.8 Å². The number of aromatic nitrogens is 4. The van der Waals surface area contributed by atoms with Gasteiger partial charge in [-0.05, 0) is 166 Å². The van der Waals surface area contributed by atoms with Gasteiger partial charge in [0, 0.05) is 62.0 Å². The number of terminal acetylenes is 1. The molecule has 8 rings (SSSR count). The van der Waals surface area contributed by atoms with Crippen molar-refractivity contribution >= 4 is 33.2 Å².